The third-order valence-corrected chi connectivity index (χ3v) is 3.94. The molecule has 19 heavy (non-hydrogen) atoms. The van der Waals surface area contributed by atoms with E-state index >= 15 is 0 Å². The molecule has 0 aromatic heterocycles. The van der Waals surface area contributed by atoms with E-state index < -0.39 is 0 Å². The Bertz CT molecular complexity index is 617. The zero-order chi connectivity index (χ0) is 13.6. The monoisotopic (exact) mass is 256 g/mol. The average Bonchev–Trinajstić information content (AvgIpc) is 2.54. The van der Waals surface area contributed by atoms with Gasteiger partial charge in [0.25, 0.3) is 0 Å². The van der Waals surface area contributed by atoms with Crippen molar-refractivity contribution in [1.29, 1.82) is 0 Å². The predicted molar refractivity (Wildman–Crippen MR) is 73.6 cm³/mol. The number of nitrogens with two attached hydrogens (primary N) is 1. The Kier molecular flexibility index (Phi) is 2.66. The highest BCUT2D eigenvalue weighted by Gasteiger charge is 2.33. The maximum absolute atomic E-state index is 12.4. The summed E-state index contributed by atoms with van der Waals surface area (Å²) in [6, 6.07) is 5.54. The molecular formula is C15H16N2O2. The van der Waals surface area contributed by atoms with Crippen LogP contribution in [0.4, 0.5) is 5.69 Å². The number of carbonyl (C=O) groups is 2. The highest BCUT2D eigenvalue weighted by Crippen LogP contribution is 2.39. The van der Waals surface area contributed by atoms with Gasteiger partial charge in [-0.1, -0.05) is 12.1 Å². The first-order valence-electron chi connectivity index (χ1n) is 6.50. The normalized spacial score (nSPS) is 18.2. The van der Waals surface area contributed by atoms with E-state index in [9.17, 15) is 9.59 Å². The molecule has 1 aliphatic heterocycles. The van der Waals surface area contributed by atoms with Crippen LogP contribution in [0.5, 0.6) is 0 Å². The number of allylic oxidation sites excluding steroid dienone is 1. The Labute approximate surface area is 111 Å². The van der Waals surface area contributed by atoms with Crippen molar-refractivity contribution in [2.75, 3.05) is 18.8 Å². The lowest BCUT2D eigenvalue weighted by Gasteiger charge is -2.20. The van der Waals surface area contributed by atoms with Gasteiger partial charge in [-0.25, -0.2) is 0 Å². The summed E-state index contributed by atoms with van der Waals surface area (Å²) in [7, 11) is 0. The van der Waals surface area contributed by atoms with Crippen LogP contribution < -0.4 is 5.73 Å². The van der Waals surface area contributed by atoms with E-state index in [2.05, 4.69) is 0 Å². The summed E-state index contributed by atoms with van der Waals surface area (Å²) in [5.74, 6) is 0.104. The van der Waals surface area contributed by atoms with Crippen LogP contribution in [-0.4, -0.2) is 29.7 Å². The Morgan fingerprint density at radius 3 is 2.84 bits per heavy atom. The quantitative estimate of drug-likeness (QED) is 0.721. The van der Waals surface area contributed by atoms with E-state index in [4.69, 9.17) is 5.73 Å². The summed E-state index contributed by atoms with van der Waals surface area (Å²) in [6.07, 6.45) is 1.56. The lowest BCUT2D eigenvalue weighted by molar-refractivity contribution is -0.128. The smallest absolute Gasteiger partial charge is 0.219 e. The van der Waals surface area contributed by atoms with E-state index in [0.717, 1.165) is 29.6 Å². The molecule has 1 heterocycles. The van der Waals surface area contributed by atoms with Crippen LogP contribution in [0.25, 0.3) is 5.57 Å². The van der Waals surface area contributed by atoms with E-state index in [0.29, 0.717) is 24.3 Å². The van der Waals surface area contributed by atoms with Crippen LogP contribution in [0, 0.1) is 0 Å². The fraction of sp³-hybridized carbons (Fsp3) is 0.333. The number of hydrogen-bond donors (Lipinski definition) is 1. The molecule has 4 heteroatoms. The number of amides is 1. The van der Waals surface area contributed by atoms with E-state index in [1.807, 2.05) is 12.1 Å². The number of ketones is 1. The SMILES string of the molecule is CC(=O)N1CCCC2=C(C1)c1cccc(N)c1C2=O. The molecule has 0 spiro atoms. The summed E-state index contributed by atoms with van der Waals surface area (Å²) in [5.41, 5.74) is 9.82. The van der Waals surface area contributed by atoms with Gasteiger partial charge in [0.2, 0.25) is 5.91 Å². The minimum Gasteiger partial charge on any atom is -0.398 e. The number of hydrogen-bond acceptors (Lipinski definition) is 3. The van der Waals surface area contributed by atoms with Crippen molar-refractivity contribution in [3.8, 4) is 0 Å². The fourth-order valence-corrected chi connectivity index (χ4v) is 2.96. The van der Waals surface area contributed by atoms with Crippen molar-refractivity contribution in [3.05, 3.63) is 34.9 Å². The number of nitrogen functional groups attached to an aromatic ring is 1. The zero-order valence-corrected chi connectivity index (χ0v) is 10.9. The molecule has 1 aliphatic carbocycles. The Morgan fingerprint density at radius 2 is 2.11 bits per heavy atom. The second-order valence-electron chi connectivity index (χ2n) is 5.10. The fourth-order valence-electron chi connectivity index (χ4n) is 2.96. The third kappa shape index (κ3) is 1.75. The van der Waals surface area contributed by atoms with Crippen LogP contribution in [0.15, 0.2) is 23.8 Å². The lowest BCUT2D eigenvalue weighted by Crippen LogP contribution is -2.30. The Balaban J connectivity index is 2.10. The van der Waals surface area contributed by atoms with Gasteiger partial charge < -0.3 is 10.6 Å². The van der Waals surface area contributed by atoms with Gasteiger partial charge in [-0.3, -0.25) is 9.59 Å². The summed E-state index contributed by atoms with van der Waals surface area (Å²) in [5, 5.41) is 0. The molecule has 1 aromatic rings. The third-order valence-electron chi connectivity index (χ3n) is 3.94. The number of anilines is 1. The molecule has 0 atom stereocenters. The topological polar surface area (TPSA) is 63.4 Å². The first-order chi connectivity index (χ1) is 9.09. The van der Waals surface area contributed by atoms with Crippen LogP contribution in [-0.2, 0) is 4.79 Å². The standard InChI is InChI=1S/C15H16N2O2/c1-9(18)17-7-3-5-11-12(8-17)10-4-2-6-13(16)14(10)15(11)19/h2,4,6H,3,5,7-8,16H2,1H3. The average molecular weight is 256 g/mol. The number of rotatable bonds is 0. The molecule has 0 unspecified atom stereocenters. The molecule has 0 saturated carbocycles. The van der Waals surface area contributed by atoms with Crippen LogP contribution >= 0.6 is 0 Å². The van der Waals surface area contributed by atoms with Crippen LogP contribution in [0.2, 0.25) is 0 Å². The molecular weight excluding hydrogens is 240 g/mol. The molecule has 0 radical (unpaired) electrons. The van der Waals surface area contributed by atoms with E-state index in [1.165, 1.54) is 0 Å². The van der Waals surface area contributed by atoms with Gasteiger partial charge in [-0.2, -0.15) is 0 Å². The Hall–Kier alpha value is -2.10. The summed E-state index contributed by atoms with van der Waals surface area (Å²) < 4.78 is 0. The number of carbonyl (C=O) groups excluding carboxylic acids is 2. The van der Waals surface area contributed by atoms with Crippen molar-refractivity contribution in [2.45, 2.75) is 19.8 Å². The maximum Gasteiger partial charge on any atom is 0.219 e. The molecule has 1 amide bonds. The van der Waals surface area contributed by atoms with Gasteiger partial charge in [-0.15, -0.1) is 0 Å². The highest BCUT2D eigenvalue weighted by molar-refractivity contribution is 6.23. The minimum absolute atomic E-state index is 0.0495. The van der Waals surface area contributed by atoms with Crippen LogP contribution in [0.3, 0.4) is 0 Å². The molecule has 0 saturated heterocycles. The van der Waals surface area contributed by atoms with Gasteiger partial charge in [-0.05, 0) is 30.0 Å². The molecule has 3 rings (SSSR count). The molecule has 0 bridgehead atoms. The van der Waals surface area contributed by atoms with E-state index in [-0.39, 0.29) is 11.7 Å². The van der Waals surface area contributed by atoms with Gasteiger partial charge in [0.05, 0.1) is 5.56 Å². The number of Topliss-reactive ketones (excluding diaryl/α,β-unsaturated/α-hetero) is 1. The number of fused-ring (bicyclic) bond motifs is 2. The lowest BCUT2D eigenvalue weighted by atomic mass is 10.0. The first-order valence-corrected chi connectivity index (χ1v) is 6.50. The molecule has 98 valence electrons. The maximum atomic E-state index is 12.4. The van der Waals surface area contributed by atoms with Crippen molar-refractivity contribution < 1.29 is 9.59 Å². The number of nitrogens with zero attached hydrogens (tertiary/aromatic N) is 1. The van der Waals surface area contributed by atoms with Gasteiger partial charge in [0, 0.05) is 31.3 Å². The summed E-state index contributed by atoms with van der Waals surface area (Å²) in [6.45, 7) is 2.81. The second kappa shape index (κ2) is 4.23. The molecule has 2 N–H and O–H groups in total. The number of benzene rings is 1. The van der Waals surface area contributed by atoms with Gasteiger partial charge >= 0.3 is 0 Å². The molecule has 0 fully saturated rings. The highest BCUT2D eigenvalue weighted by atomic mass is 16.2. The van der Waals surface area contributed by atoms with Crippen molar-refractivity contribution in [3.63, 3.8) is 0 Å². The van der Waals surface area contributed by atoms with Crippen LogP contribution in [0.1, 0.15) is 35.7 Å². The predicted octanol–water partition coefficient (Wildman–Crippen LogP) is 1.86. The van der Waals surface area contributed by atoms with E-state index in [1.54, 1.807) is 17.9 Å². The summed E-state index contributed by atoms with van der Waals surface area (Å²) in [4.78, 5) is 25.8. The Morgan fingerprint density at radius 1 is 1.32 bits per heavy atom. The van der Waals surface area contributed by atoms with Crippen molar-refractivity contribution in [1.82, 2.24) is 4.90 Å². The van der Waals surface area contributed by atoms with Crippen molar-refractivity contribution >= 4 is 23.0 Å². The van der Waals surface area contributed by atoms with Crippen molar-refractivity contribution in [2.24, 2.45) is 0 Å². The van der Waals surface area contributed by atoms with Gasteiger partial charge in [0.1, 0.15) is 0 Å². The molecule has 1 aromatic carbocycles. The second-order valence-corrected chi connectivity index (χ2v) is 5.10. The zero-order valence-electron chi connectivity index (χ0n) is 10.9. The molecule has 4 nitrogen and oxygen atoms in total. The largest absolute Gasteiger partial charge is 0.398 e. The first kappa shape index (κ1) is 12.0. The minimum atomic E-state index is 0.0495. The summed E-state index contributed by atoms with van der Waals surface area (Å²) >= 11 is 0. The molecule has 2 aliphatic rings. The van der Waals surface area contributed by atoms with Gasteiger partial charge in [0.15, 0.2) is 5.78 Å².